The van der Waals surface area contributed by atoms with Crippen LogP contribution in [0.15, 0.2) is 84.9 Å². The van der Waals surface area contributed by atoms with Crippen LogP contribution in [-0.4, -0.2) is 29.3 Å². The Morgan fingerprint density at radius 3 is 1.91 bits per heavy atom. The number of carbonyl (C=O) groups excluding carboxylic acids is 2. The van der Waals surface area contributed by atoms with E-state index in [4.69, 9.17) is 11.6 Å². The van der Waals surface area contributed by atoms with Crippen molar-refractivity contribution in [2.75, 3.05) is 6.54 Å². The van der Waals surface area contributed by atoms with Crippen LogP contribution in [0.5, 0.6) is 0 Å². The Kier molecular flexibility index (Phi) is 9.72. The second-order valence-electron chi connectivity index (χ2n) is 8.44. The molecular formula is C29H33ClN2O2. The van der Waals surface area contributed by atoms with Gasteiger partial charge in [-0.1, -0.05) is 98.2 Å². The lowest BCUT2D eigenvalue weighted by Gasteiger charge is -2.32. The Morgan fingerprint density at radius 2 is 1.41 bits per heavy atom. The van der Waals surface area contributed by atoms with Gasteiger partial charge in [-0.3, -0.25) is 9.59 Å². The minimum atomic E-state index is -0.540. The molecule has 0 aromatic heterocycles. The molecule has 0 aliphatic rings. The van der Waals surface area contributed by atoms with Crippen LogP contribution in [-0.2, 0) is 16.1 Å². The van der Waals surface area contributed by atoms with Gasteiger partial charge in [0, 0.05) is 30.5 Å². The molecule has 2 amide bonds. The number of carbonyl (C=O) groups is 2. The molecule has 0 unspecified atom stereocenters. The van der Waals surface area contributed by atoms with Gasteiger partial charge in [0.2, 0.25) is 11.8 Å². The van der Waals surface area contributed by atoms with Gasteiger partial charge in [-0.25, -0.2) is 0 Å². The quantitative estimate of drug-likeness (QED) is 0.358. The maximum absolute atomic E-state index is 13.9. The van der Waals surface area contributed by atoms with Gasteiger partial charge in [-0.05, 0) is 41.7 Å². The van der Waals surface area contributed by atoms with Crippen LogP contribution in [0.4, 0.5) is 0 Å². The summed E-state index contributed by atoms with van der Waals surface area (Å²) < 4.78 is 0. The molecule has 3 rings (SSSR count). The molecule has 3 aromatic carbocycles. The van der Waals surface area contributed by atoms with Crippen molar-refractivity contribution in [2.24, 2.45) is 0 Å². The third-order valence-corrected chi connectivity index (χ3v) is 6.24. The van der Waals surface area contributed by atoms with E-state index < -0.39 is 6.04 Å². The van der Waals surface area contributed by atoms with E-state index in [1.54, 1.807) is 4.90 Å². The van der Waals surface area contributed by atoms with Gasteiger partial charge in [0.05, 0.1) is 0 Å². The van der Waals surface area contributed by atoms with Crippen molar-refractivity contribution in [1.82, 2.24) is 10.2 Å². The highest BCUT2D eigenvalue weighted by atomic mass is 35.5. The maximum atomic E-state index is 13.9. The van der Waals surface area contributed by atoms with Crippen LogP contribution >= 0.6 is 11.6 Å². The zero-order chi connectivity index (χ0) is 24.3. The van der Waals surface area contributed by atoms with Gasteiger partial charge >= 0.3 is 0 Å². The Balaban J connectivity index is 1.93. The maximum Gasteiger partial charge on any atom is 0.242 e. The molecule has 3 aromatic rings. The molecular weight excluding hydrogens is 444 g/mol. The third-order valence-electron chi connectivity index (χ3n) is 5.98. The largest absolute Gasteiger partial charge is 0.354 e. The number of nitrogens with zero attached hydrogens (tertiary/aromatic N) is 1. The topological polar surface area (TPSA) is 49.4 Å². The van der Waals surface area contributed by atoms with E-state index >= 15 is 0 Å². The van der Waals surface area contributed by atoms with E-state index in [-0.39, 0.29) is 24.2 Å². The summed E-state index contributed by atoms with van der Waals surface area (Å²) in [5, 5.41) is 3.62. The number of hydrogen-bond donors (Lipinski definition) is 1. The molecule has 0 heterocycles. The molecule has 0 radical (unpaired) electrons. The van der Waals surface area contributed by atoms with Crippen molar-refractivity contribution in [1.29, 1.82) is 0 Å². The standard InChI is InChI=1S/C29H33ClN2O2/c1-3-19-31-29(34)27(4-2)32(21-22-15-17-25(30)18-16-22)28(33)20-26(23-11-7-5-8-12-23)24-13-9-6-10-14-24/h5-18,26-27H,3-4,19-21H2,1-2H3,(H,31,34)/t27-/m0/s1. The smallest absolute Gasteiger partial charge is 0.242 e. The van der Waals surface area contributed by atoms with Crippen LogP contribution in [0.1, 0.15) is 55.7 Å². The molecule has 0 fully saturated rings. The lowest BCUT2D eigenvalue weighted by molar-refractivity contribution is -0.141. The minimum absolute atomic E-state index is 0.0499. The van der Waals surface area contributed by atoms with E-state index in [9.17, 15) is 9.59 Å². The molecule has 0 saturated carbocycles. The van der Waals surface area contributed by atoms with Crippen molar-refractivity contribution >= 4 is 23.4 Å². The first-order valence-electron chi connectivity index (χ1n) is 11.9. The fourth-order valence-corrected chi connectivity index (χ4v) is 4.29. The zero-order valence-corrected chi connectivity index (χ0v) is 20.7. The highest BCUT2D eigenvalue weighted by molar-refractivity contribution is 6.30. The molecule has 0 aliphatic heterocycles. The van der Waals surface area contributed by atoms with Crippen molar-refractivity contribution in [3.05, 3.63) is 107 Å². The number of amides is 2. The highest BCUT2D eigenvalue weighted by Gasteiger charge is 2.30. The van der Waals surface area contributed by atoms with Crippen LogP contribution in [0.25, 0.3) is 0 Å². The Labute approximate surface area is 207 Å². The summed E-state index contributed by atoms with van der Waals surface area (Å²) in [7, 11) is 0. The minimum Gasteiger partial charge on any atom is -0.354 e. The summed E-state index contributed by atoms with van der Waals surface area (Å²) >= 11 is 6.07. The summed E-state index contributed by atoms with van der Waals surface area (Å²) in [4.78, 5) is 28.6. The monoisotopic (exact) mass is 476 g/mol. The van der Waals surface area contributed by atoms with Gasteiger partial charge < -0.3 is 10.2 Å². The zero-order valence-electron chi connectivity index (χ0n) is 19.9. The molecule has 0 spiro atoms. The van der Waals surface area contributed by atoms with Gasteiger partial charge in [-0.15, -0.1) is 0 Å². The Hall–Kier alpha value is -3.11. The molecule has 0 aliphatic carbocycles. The number of rotatable bonds is 11. The highest BCUT2D eigenvalue weighted by Crippen LogP contribution is 2.29. The van der Waals surface area contributed by atoms with E-state index in [1.165, 1.54) is 0 Å². The van der Waals surface area contributed by atoms with Gasteiger partial charge in [0.15, 0.2) is 0 Å². The summed E-state index contributed by atoms with van der Waals surface area (Å²) in [6.07, 6.45) is 1.66. The predicted octanol–water partition coefficient (Wildman–Crippen LogP) is 6.20. The number of hydrogen-bond acceptors (Lipinski definition) is 2. The molecule has 0 saturated heterocycles. The van der Waals surface area contributed by atoms with Gasteiger partial charge in [-0.2, -0.15) is 0 Å². The first-order chi connectivity index (χ1) is 16.5. The Bertz CT molecular complexity index is 999. The molecule has 4 nitrogen and oxygen atoms in total. The fourth-order valence-electron chi connectivity index (χ4n) is 4.16. The van der Waals surface area contributed by atoms with Crippen molar-refractivity contribution in [3.63, 3.8) is 0 Å². The molecule has 178 valence electrons. The van der Waals surface area contributed by atoms with Crippen LogP contribution < -0.4 is 5.32 Å². The molecule has 1 N–H and O–H groups in total. The normalized spacial score (nSPS) is 11.8. The number of halogens is 1. The SMILES string of the molecule is CCCNC(=O)[C@H](CC)N(Cc1ccc(Cl)cc1)C(=O)CC(c1ccccc1)c1ccccc1. The first-order valence-corrected chi connectivity index (χ1v) is 12.3. The molecule has 0 bridgehead atoms. The summed E-state index contributed by atoms with van der Waals surface area (Å²) in [6, 6.07) is 27.1. The van der Waals surface area contributed by atoms with Crippen LogP contribution in [0.3, 0.4) is 0 Å². The van der Waals surface area contributed by atoms with Gasteiger partial charge in [0.1, 0.15) is 6.04 Å². The fraction of sp³-hybridized carbons (Fsp3) is 0.310. The number of benzene rings is 3. The second kappa shape index (κ2) is 13.0. The lowest BCUT2D eigenvalue weighted by atomic mass is 9.88. The molecule has 1 atom stereocenters. The average Bonchev–Trinajstić information content (AvgIpc) is 2.88. The van der Waals surface area contributed by atoms with Crippen LogP contribution in [0, 0.1) is 0 Å². The van der Waals surface area contributed by atoms with Crippen molar-refractivity contribution in [3.8, 4) is 0 Å². The second-order valence-corrected chi connectivity index (χ2v) is 8.88. The molecule has 5 heteroatoms. The van der Waals surface area contributed by atoms with E-state index in [0.717, 1.165) is 23.1 Å². The first kappa shape index (κ1) is 25.5. The predicted molar refractivity (Wildman–Crippen MR) is 139 cm³/mol. The summed E-state index contributed by atoms with van der Waals surface area (Å²) in [6.45, 7) is 4.91. The average molecular weight is 477 g/mol. The summed E-state index contributed by atoms with van der Waals surface area (Å²) in [5.74, 6) is -0.257. The van der Waals surface area contributed by atoms with E-state index in [2.05, 4.69) is 29.6 Å². The van der Waals surface area contributed by atoms with Crippen LogP contribution in [0.2, 0.25) is 5.02 Å². The van der Waals surface area contributed by atoms with Crippen molar-refractivity contribution in [2.45, 2.75) is 51.6 Å². The van der Waals surface area contributed by atoms with Gasteiger partial charge in [0.25, 0.3) is 0 Å². The third kappa shape index (κ3) is 6.94. The molecule has 34 heavy (non-hydrogen) atoms. The van der Waals surface area contributed by atoms with E-state index in [1.807, 2.05) is 74.5 Å². The van der Waals surface area contributed by atoms with Crippen molar-refractivity contribution < 1.29 is 9.59 Å². The van der Waals surface area contributed by atoms with E-state index in [0.29, 0.717) is 24.5 Å². The number of nitrogens with one attached hydrogen (secondary N) is 1. The lowest BCUT2D eigenvalue weighted by Crippen LogP contribution is -2.49. The Morgan fingerprint density at radius 1 is 0.853 bits per heavy atom. The summed E-state index contributed by atoms with van der Waals surface area (Å²) in [5.41, 5.74) is 3.10.